The van der Waals surface area contributed by atoms with Crippen LogP contribution in [0.3, 0.4) is 0 Å². The van der Waals surface area contributed by atoms with Gasteiger partial charge in [-0.15, -0.1) is 0 Å². The van der Waals surface area contributed by atoms with E-state index in [-0.39, 0.29) is 5.91 Å². The van der Waals surface area contributed by atoms with Crippen molar-refractivity contribution >= 4 is 17.5 Å². The molecule has 0 radical (unpaired) electrons. The Morgan fingerprint density at radius 3 is 2.42 bits per heavy atom. The fourth-order valence-corrected chi connectivity index (χ4v) is 4.25. The fraction of sp³-hybridized carbons (Fsp3) is 0.500. The predicted octanol–water partition coefficient (Wildman–Crippen LogP) is 4.00. The highest BCUT2D eigenvalue weighted by atomic mass is 35.5. The van der Waals surface area contributed by atoms with Crippen molar-refractivity contribution in [3.63, 3.8) is 0 Å². The molecule has 1 aromatic heterocycles. The zero-order valence-corrected chi connectivity index (χ0v) is 15.8. The van der Waals surface area contributed by atoms with Crippen molar-refractivity contribution in [3.8, 4) is 11.3 Å². The van der Waals surface area contributed by atoms with Gasteiger partial charge >= 0.3 is 0 Å². The third-order valence-corrected chi connectivity index (χ3v) is 5.85. The lowest BCUT2D eigenvalue weighted by Gasteiger charge is -2.36. The average Bonchev–Trinajstić information content (AvgIpc) is 3.32. The number of nitrogens with zero attached hydrogens (tertiary/aromatic N) is 3. The maximum atomic E-state index is 13.2. The van der Waals surface area contributed by atoms with Gasteiger partial charge in [0, 0.05) is 29.7 Å². The normalized spacial score (nSPS) is 19.2. The number of aromatic nitrogens is 1. The molecule has 0 N–H and O–H groups in total. The van der Waals surface area contributed by atoms with Gasteiger partial charge in [0.2, 0.25) is 0 Å². The number of likely N-dealkylation sites (tertiary alicyclic amines) is 2. The van der Waals surface area contributed by atoms with Crippen molar-refractivity contribution in [1.82, 2.24) is 15.0 Å². The first-order valence-electron chi connectivity index (χ1n) is 9.39. The highest BCUT2D eigenvalue weighted by molar-refractivity contribution is 6.30. The number of hydrogen-bond donors (Lipinski definition) is 0. The number of piperidine rings is 1. The van der Waals surface area contributed by atoms with E-state index in [1.807, 2.05) is 17.0 Å². The monoisotopic (exact) mass is 373 g/mol. The molecule has 26 heavy (non-hydrogen) atoms. The van der Waals surface area contributed by atoms with Crippen LogP contribution in [0.15, 0.2) is 28.8 Å². The number of amides is 1. The average molecular weight is 374 g/mol. The van der Waals surface area contributed by atoms with E-state index in [1.165, 1.54) is 25.9 Å². The summed E-state index contributed by atoms with van der Waals surface area (Å²) in [6.07, 6.45) is 4.71. The van der Waals surface area contributed by atoms with Crippen LogP contribution in [0.2, 0.25) is 5.02 Å². The Balaban J connectivity index is 1.50. The van der Waals surface area contributed by atoms with Gasteiger partial charge < -0.3 is 14.3 Å². The number of carbonyl (C=O) groups is 1. The van der Waals surface area contributed by atoms with Crippen LogP contribution in [0, 0.1) is 6.92 Å². The molecule has 0 spiro atoms. The van der Waals surface area contributed by atoms with E-state index >= 15 is 0 Å². The maximum absolute atomic E-state index is 13.2. The molecule has 138 valence electrons. The quantitative estimate of drug-likeness (QED) is 0.815. The highest BCUT2D eigenvalue weighted by Gasteiger charge is 2.31. The molecule has 0 bridgehead atoms. The molecule has 2 saturated heterocycles. The van der Waals surface area contributed by atoms with Crippen molar-refractivity contribution in [3.05, 3.63) is 40.6 Å². The van der Waals surface area contributed by atoms with Crippen molar-refractivity contribution in [1.29, 1.82) is 0 Å². The molecule has 0 unspecified atom stereocenters. The second kappa shape index (κ2) is 7.41. The third-order valence-electron chi connectivity index (χ3n) is 5.60. The largest absolute Gasteiger partial charge is 0.360 e. The van der Waals surface area contributed by atoms with Crippen molar-refractivity contribution in [2.45, 2.75) is 38.6 Å². The van der Waals surface area contributed by atoms with Crippen LogP contribution in [0.4, 0.5) is 0 Å². The molecule has 5 nitrogen and oxygen atoms in total. The Labute approximate surface area is 158 Å². The van der Waals surface area contributed by atoms with Gasteiger partial charge in [0.15, 0.2) is 0 Å². The smallest absolute Gasteiger partial charge is 0.259 e. The first-order valence-corrected chi connectivity index (χ1v) is 9.77. The van der Waals surface area contributed by atoms with Crippen LogP contribution in [-0.4, -0.2) is 53.1 Å². The minimum absolute atomic E-state index is 0.0218. The lowest BCUT2D eigenvalue weighted by atomic mass is 10.0. The Bertz CT molecular complexity index is 773. The summed E-state index contributed by atoms with van der Waals surface area (Å²) in [7, 11) is 0. The van der Waals surface area contributed by atoms with Gasteiger partial charge in [-0.3, -0.25) is 4.79 Å². The Morgan fingerprint density at radius 2 is 1.77 bits per heavy atom. The summed E-state index contributed by atoms with van der Waals surface area (Å²) in [4.78, 5) is 17.7. The molecule has 0 atom stereocenters. The first-order chi connectivity index (χ1) is 12.6. The van der Waals surface area contributed by atoms with Crippen LogP contribution < -0.4 is 0 Å². The maximum Gasteiger partial charge on any atom is 0.259 e. The standard InChI is InChI=1S/C20H24ClN3O2/c1-14-18(19(22-26-14)15-4-6-16(21)7-5-15)20(25)24-12-8-17(9-13-24)23-10-2-3-11-23/h4-7,17H,2-3,8-13H2,1H3. The molecule has 4 rings (SSSR count). The Kier molecular flexibility index (Phi) is 5.00. The van der Waals surface area contributed by atoms with E-state index in [9.17, 15) is 4.79 Å². The number of rotatable bonds is 3. The summed E-state index contributed by atoms with van der Waals surface area (Å²) in [6, 6.07) is 7.97. The van der Waals surface area contributed by atoms with Crippen LogP contribution in [0.1, 0.15) is 41.8 Å². The van der Waals surface area contributed by atoms with Crippen molar-refractivity contribution in [2.75, 3.05) is 26.2 Å². The number of benzene rings is 1. The molecule has 2 fully saturated rings. The van der Waals surface area contributed by atoms with Crippen LogP contribution in [0.25, 0.3) is 11.3 Å². The Hall–Kier alpha value is -1.85. The van der Waals surface area contributed by atoms with E-state index in [0.29, 0.717) is 28.1 Å². The number of carbonyl (C=O) groups excluding carboxylic acids is 1. The predicted molar refractivity (Wildman–Crippen MR) is 101 cm³/mol. The van der Waals surface area contributed by atoms with Gasteiger partial charge in [0.05, 0.1) is 0 Å². The molecule has 2 aromatic rings. The zero-order valence-electron chi connectivity index (χ0n) is 15.1. The van der Waals surface area contributed by atoms with Gasteiger partial charge in [0.25, 0.3) is 5.91 Å². The second-order valence-corrected chi connectivity index (χ2v) is 7.67. The summed E-state index contributed by atoms with van der Waals surface area (Å²) >= 11 is 5.97. The van der Waals surface area contributed by atoms with E-state index in [4.69, 9.17) is 16.1 Å². The molecular formula is C20H24ClN3O2. The van der Waals surface area contributed by atoms with Gasteiger partial charge in [-0.25, -0.2) is 0 Å². The molecule has 1 aromatic carbocycles. The highest BCUT2D eigenvalue weighted by Crippen LogP contribution is 2.29. The SMILES string of the molecule is Cc1onc(-c2ccc(Cl)cc2)c1C(=O)N1CCC(N2CCCC2)CC1. The summed E-state index contributed by atoms with van der Waals surface area (Å²) in [5.74, 6) is 0.593. The minimum atomic E-state index is 0.0218. The van der Waals surface area contributed by atoms with E-state index in [2.05, 4.69) is 10.1 Å². The third kappa shape index (κ3) is 3.38. The Morgan fingerprint density at radius 1 is 1.12 bits per heavy atom. The van der Waals surface area contributed by atoms with Crippen molar-refractivity contribution < 1.29 is 9.32 Å². The van der Waals surface area contributed by atoms with Gasteiger partial charge in [-0.05, 0) is 57.8 Å². The molecule has 0 saturated carbocycles. The molecule has 2 aliphatic rings. The molecule has 3 heterocycles. The lowest BCUT2D eigenvalue weighted by molar-refractivity contribution is 0.0643. The lowest BCUT2D eigenvalue weighted by Crippen LogP contribution is -2.46. The van der Waals surface area contributed by atoms with Gasteiger partial charge in [-0.2, -0.15) is 0 Å². The summed E-state index contributed by atoms with van der Waals surface area (Å²) in [5, 5.41) is 4.79. The summed E-state index contributed by atoms with van der Waals surface area (Å²) in [5.41, 5.74) is 2.03. The molecular weight excluding hydrogens is 350 g/mol. The fourth-order valence-electron chi connectivity index (χ4n) is 4.13. The number of halogens is 1. The van der Waals surface area contributed by atoms with Gasteiger partial charge in [0.1, 0.15) is 17.0 Å². The molecule has 6 heteroatoms. The summed E-state index contributed by atoms with van der Waals surface area (Å²) < 4.78 is 5.36. The van der Waals surface area contributed by atoms with Crippen LogP contribution in [0.5, 0.6) is 0 Å². The minimum Gasteiger partial charge on any atom is -0.360 e. The van der Waals surface area contributed by atoms with Crippen molar-refractivity contribution in [2.24, 2.45) is 0 Å². The number of aryl methyl sites for hydroxylation is 1. The van der Waals surface area contributed by atoms with Crippen LogP contribution >= 0.6 is 11.6 Å². The first kappa shape index (κ1) is 17.6. The van der Waals surface area contributed by atoms with Gasteiger partial charge in [-0.1, -0.05) is 28.9 Å². The molecule has 1 amide bonds. The van der Waals surface area contributed by atoms with E-state index < -0.39 is 0 Å². The second-order valence-electron chi connectivity index (χ2n) is 7.24. The zero-order chi connectivity index (χ0) is 18.1. The molecule has 2 aliphatic heterocycles. The summed E-state index contributed by atoms with van der Waals surface area (Å²) in [6.45, 7) is 5.82. The number of hydrogen-bond acceptors (Lipinski definition) is 4. The van der Waals surface area contributed by atoms with Crippen LogP contribution in [-0.2, 0) is 0 Å². The topological polar surface area (TPSA) is 49.6 Å². The molecule has 0 aliphatic carbocycles. The van der Waals surface area contributed by atoms with E-state index in [0.717, 1.165) is 31.5 Å². The van der Waals surface area contributed by atoms with E-state index in [1.54, 1.807) is 19.1 Å².